The van der Waals surface area contributed by atoms with Crippen LogP contribution in [0.25, 0.3) is 11.2 Å². The molecule has 11 heteroatoms. The summed E-state index contributed by atoms with van der Waals surface area (Å²) in [6.45, 7) is 10.2. The van der Waals surface area contributed by atoms with Crippen LogP contribution in [0.3, 0.4) is 0 Å². The Morgan fingerprint density at radius 1 is 1.02 bits per heavy atom. The maximum atomic E-state index is 13.9. The Bertz CT molecular complexity index is 1500. The number of imidazole rings is 1. The fourth-order valence-electron chi connectivity index (χ4n) is 6.60. The van der Waals surface area contributed by atoms with Crippen LogP contribution in [0.5, 0.6) is 0 Å². The summed E-state index contributed by atoms with van der Waals surface area (Å²) in [4.78, 5) is 56.0. The largest absolute Gasteiger partial charge is 0.369 e. The van der Waals surface area contributed by atoms with E-state index in [0.29, 0.717) is 44.0 Å². The standard InChI is InChI=1S/C32H43N7O3S/c1-22(2)10-16-38-30(41)27(43-31(38)24-7-4-5-8-25(24)36-19-17-35(3)18-20-36)21-28(40)37-14-11-23(12-15-37)39-26-9-6-13-33-29(26)34-32(39)42/h4-9,13,22-23,27,31H,10-12,14-21H2,1-3H3,(H,33,34,42). The number of rotatable bonds is 8. The molecule has 230 valence electrons. The lowest BCUT2D eigenvalue weighted by Crippen LogP contribution is -2.45. The fourth-order valence-corrected chi connectivity index (χ4v) is 8.11. The van der Waals surface area contributed by atoms with E-state index in [1.54, 1.807) is 22.5 Å². The third kappa shape index (κ3) is 6.20. The van der Waals surface area contributed by atoms with Gasteiger partial charge in [-0.15, -0.1) is 11.8 Å². The van der Waals surface area contributed by atoms with Crippen molar-refractivity contribution in [2.24, 2.45) is 5.92 Å². The highest BCUT2D eigenvalue weighted by atomic mass is 32.2. The molecule has 3 aliphatic rings. The van der Waals surface area contributed by atoms with E-state index >= 15 is 0 Å². The van der Waals surface area contributed by atoms with Crippen LogP contribution >= 0.6 is 11.8 Å². The van der Waals surface area contributed by atoms with Crippen molar-refractivity contribution >= 4 is 40.4 Å². The van der Waals surface area contributed by atoms with Crippen LogP contribution in [0, 0.1) is 5.92 Å². The number of aromatic nitrogens is 3. The Hall–Kier alpha value is -3.31. The molecule has 0 saturated carbocycles. The average Bonchev–Trinajstić information content (AvgIpc) is 3.51. The number of para-hydroxylation sites is 1. The van der Waals surface area contributed by atoms with E-state index in [1.807, 2.05) is 21.9 Å². The lowest BCUT2D eigenvalue weighted by molar-refractivity contribution is -0.136. The molecule has 2 aromatic heterocycles. The molecule has 2 unspecified atom stereocenters. The van der Waals surface area contributed by atoms with E-state index in [4.69, 9.17) is 0 Å². The van der Waals surface area contributed by atoms with Crippen molar-refractivity contribution in [1.82, 2.24) is 29.2 Å². The number of piperidine rings is 1. The van der Waals surface area contributed by atoms with Crippen molar-refractivity contribution in [2.45, 2.75) is 56.2 Å². The molecule has 3 saturated heterocycles. The molecule has 10 nitrogen and oxygen atoms in total. The van der Waals surface area contributed by atoms with Crippen LogP contribution in [-0.2, 0) is 9.59 Å². The van der Waals surface area contributed by atoms with E-state index in [1.165, 1.54) is 11.3 Å². The number of piperazine rings is 1. The third-order valence-electron chi connectivity index (χ3n) is 9.16. The maximum absolute atomic E-state index is 13.9. The smallest absolute Gasteiger partial charge is 0.327 e. The number of aromatic amines is 1. The van der Waals surface area contributed by atoms with Crippen molar-refractivity contribution in [2.75, 3.05) is 57.8 Å². The van der Waals surface area contributed by atoms with E-state index < -0.39 is 5.25 Å². The van der Waals surface area contributed by atoms with Gasteiger partial charge in [0.1, 0.15) is 5.37 Å². The van der Waals surface area contributed by atoms with Crippen LogP contribution in [0.4, 0.5) is 5.69 Å². The minimum absolute atomic E-state index is 0.0129. The summed E-state index contributed by atoms with van der Waals surface area (Å²) in [5, 5.41) is -0.502. The van der Waals surface area contributed by atoms with E-state index in [-0.39, 0.29) is 35.3 Å². The number of nitrogens with zero attached hydrogens (tertiary/aromatic N) is 6. The first-order valence-corrected chi connectivity index (χ1v) is 16.6. The molecular weight excluding hydrogens is 562 g/mol. The van der Waals surface area contributed by atoms with Gasteiger partial charge in [-0.3, -0.25) is 19.1 Å². The van der Waals surface area contributed by atoms with Gasteiger partial charge < -0.3 is 19.6 Å². The average molecular weight is 606 g/mol. The van der Waals surface area contributed by atoms with E-state index in [0.717, 1.165) is 38.1 Å². The number of carbonyl (C=O) groups excluding carboxylic acids is 2. The molecule has 1 N–H and O–H groups in total. The van der Waals surface area contributed by atoms with Gasteiger partial charge in [0.15, 0.2) is 5.65 Å². The molecule has 0 spiro atoms. The summed E-state index contributed by atoms with van der Waals surface area (Å²) < 4.78 is 1.79. The number of thioether (sulfide) groups is 1. The second kappa shape index (κ2) is 12.7. The molecule has 0 aliphatic carbocycles. The number of fused-ring (bicyclic) bond motifs is 1. The maximum Gasteiger partial charge on any atom is 0.327 e. The number of benzene rings is 1. The SMILES string of the molecule is CC(C)CCN1C(=O)C(CC(=O)N2CCC(n3c(=O)[nH]c4ncccc43)CC2)SC1c1ccccc1N1CCN(C)CC1. The number of anilines is 1. The van der Waals surface area contributed by atoms with Crippen LogP contribution in [0.2, 0.25) is 0 Å². The molecule has 1 aromatic carbocycles. The molecule has 43 heavy (non-hydrogen) atoms. The number of likely N-dealkylation sites (tertiary alicyclic amines) is 1. The molecule has 0 radical (unpaired) electrons. The molecule has 2 amide bonds. The van der Waals surface area contributed by atoms with Crippen LogP contribution < -0.4 is 10.6 Å². The lowest BCUT2D eigenvalue weighted by Gasteiger charge is -2.36. The zero-order valence-corrected chi connectivity index (χ0v) is 26.3. The van der Waals surface area contributed by atoms with Gasteiger partial charge in [0, 0.05) is 75.7 Å². The van der Waals surface area contributed by atoms with E-state index in [9.17, 15) is 14.4 Å². The Morgan fingerprint density at radius 3 is 2.51 bits per heavy atom. The van der Waals surface area contributed by atoms with Crippen LogP contribution in [-0.4, -0.2) is 99.2 Å². The van der Waals surface area contributed by atoms with Crippen molar-refractivity contribution in [3.05, 3.63) is 58.6 Å². The topological polar surface area (TPSA) is 97.8 Å². The minimum atomic E-state index is -0.398. The van der Waals surface area contributed by atoms with Crippen molar-refractivity contribution < 1.29 is 9.59 Å². The van der Waals surface area contributed by atoms with Gasteiger partial charge >= 0.3 is 5.69 Å². The quantitative estimate of drug-likeness (QED) is 0.418. The first kappa shape index (κ1) is 29.7. The Labute approximate surface area is 257 Å². The Morgan fingerprint density at radius 2 is 1.77 bits per heavy atom. The number of carbonyl (C=O) groups is 2. The van der Waals surface area contributed by atoms with Gasteiger partial charge in [-0.05, 0) is 50.4 Å². The number of pyridine rings is 1. The summed E-state index contributed by atoms with van der Waals surface area (Å²) in [6, 6.07) is 12.3. The Kier molecular flexibility index (Phi) is 8.81. The first-order chi connectivity index (χ1) is 20.8. The van der Waals surface area contributed by atoms with Crippen molar-refractivity contribution in [3.63, 3.8) is 0 Å². The number of hydrogen-bond acceptors (Lipinski definition) is 7. The Balaban J connectivity index is 1.15. The van der Waals surface area contributed by atoms with Gasteiger partial charge in [0.2, 0.25) is 11.8 Å². The van der Waals surface area contributed by atoms with Gasteiger partial charge in [0.05, 0.1) is 10.8 Å². The zero-order valence-electron chi connectivity index (χ0n) is 25.4. The van der Waals surface area contributed by atoms with Gasteiger partial charge in [-0.25, -0.2) is 9.78 Å². The number of nitrogens with one attached hydrogen (secondary N) is 1. The van der Waals surface area contributed by atoms with Gasteiger partial charge in [-0.2, -0.15) is 0 Å². The van der Waals surface area contributed by atoms with Crippen LogP contribution in [0.1, 0.15) is 56.5 Å². The minimum Gasteiger partial charge on any atom is -0.369 e. The number of H-pyrrole nitrogens is 1. The van der Waals surface area contributed by atoms with Crippen LogP contribution in [0.15, 0.2) is 47.4 Å². The number of hydrogen-bond donors (Lipinski definition) is 1. The highest BCUT2D eigenvalue weighted by Crippen LogP contribution is 2.47. The van der Waals surface area contributed by atoms with Gasteiger partial charge in [0.25, 0.3) is 0 Å². The molecule has 3 fully saturated rings. The highest BCUT2D eigenvalue weighted by Gasteiger charge is 2.43. The van der Waals surface area contributed by atoms with Crippen molar-refractivity contribution in [3.8, 4) is 0 Å². The summed E-state index contributed by atoms with van der Waals surface area (Å²) in [7, 11) is 2.16. The number of amides is 2. The predicted octanol–water partition coefficient (Wildman–Crippen LogP) is 3.72. The summed E-state index contributed by atoms with van der Waals surface area (Å²) >= 11 is 1.64. The fraction of sp³-hybridized carbons (Fsp3) is 0.562. The summed E-state index contributed by atoms with van der Waals surface area (Å²) in [5.41, 5.74) is 3.61. The molecule has 6 rings (SSSR count). The number of likely N-dealkylation sites (N-methyl/N-ethyl adjacent to an activating group) is 1. The lowest BCUT2D eigenvalue weighted by atomic mass is 10.0. The normalized spacial score (nSPS) is 22.3. The third-order valence-corrected chi connectivity index (χ3v) is 10.6. The van der Waals surface area contributed by atoms with Gasteiger partial charge in [-0.1, -0.05) is 32.0 Å². The molecule has 2 atom stereocenters. The first-order valence-electron chi connectivity index (χ1n) is 15.6. The monoisotopic (exact) mass is 605 g/mol. The molecule has 3 aromatic rings. The summed E-state index contributed by atoms with van der Waals surface area (Å²) in [6.07, 6.45) is 4.19. The second-order valence-corrected chi connectivity index (χ2v) is 13.8. The molecular formula is C32H43N7O3S. The van der Waals surface area contributed by atoms with E-state index in [2.05, 4.69) is 64.9 Å². The predicted molar refractivity (Wildman–Crippen MR) is 171 cm³/mol. The second-order valence-electron chi connectivity index (χ2n) is 12.5. The van der Waals surface area contributed by atoms with Crippen molar-refractivity contribution in [1.29, 1.82) is 0 Å². The zero-order chi connectivity index (χ0) is 30.1. The highest BCUT2D eigenvalue weighted by molar-refractivity contribution is 8.01. The summed E-state index contributed by atoms with van der Waals surface area (Å²) in [5.74, 6) is 0.577. The molecule has 0 bridgehead atoms. The molecule has 3 aliphatic heterocycles. The molecule has 5 heterocycles.